The van der Waals surface area contributed by atoms with Crippen LogP contribution in [-0.2, 0) is 4.79 Å². The van der Waals surface area contributed by atoms with Crippen molar-refractivity contribution in [1.29, 1.82) is 0 Å². The molecule has 6 heteroatoms. The van der Waals surface area contributed by atoms with Crippen molar-refractivity contribution in [3.63, 3.8) is 0 Å². The highest BCUT2D eigenvalue weighted by Crippen LogP contribution is 2.12. The minimum Gasteiger partial charge on any atom is -0.396 e. The normalized spacial score (nSPS) is 18.1. The Morgan fingerprint density at radius 2 is 2.09 bits per heavy atom. The number of hydrogen-bond acceptors (Lipinski definition) is 4. The predicted octanol–water partition coefficient (Wildman–Crippen LogP) is 1.15. The summed E-state index contributed by atoms with van der Waals surface area (Å²) in [5.74, 6) is -0.475. The molecule has 2 N–H and O–H groups in total. The summed E-state index contributed by atoms with van der Waals surface area (Å²) in [6.45, 7) is 6.43. The van der Waals surface area contributed by atoms with Gasteiger partial charge in [-0.3, -0.25) is 9.69 Å². The Morgan fingerprint density at radius 1 is 1.36 bits per heavy atom. The Balaban J connectivity index is 1.81. The molecule has 1 heterocycles. The van der Waals surface area contributed by atoms with E-state index in [9.17, 15) is 9.18 Å². The second kappa shape index (κ2) is 8.22. The highest BCUT2D eigenvalue weighted by atomic mass is 19.1. The summed E-state index contributed by atoms with van der Waals surface area (Å²) in [6, 6.07) is 5.68. The first-order chi connectivity index (χ1) is 10.6. The molecule has 0 saturated carbocycles. The van der Waals surface area contributed by atoms with Crippen LogP contribution >= 0.6 is 0 Å². The van der Waals surface area contributed by atoms with Crippen LogP contribution in [0.15, 0.2) is 24.3 Å². The number of hydrogen-bond donors (Lipinski definition) is 2. The number of amides is 1. The van der Waals surface area contributed by atoms with Crippen LogP contribution in [0.25, 0.3) is 0 Å². The molecule has 1 saturated heterocycles. The lowest BCUT2D eigenvalue weighted by molar-refractivity contribution is -0.121. The molecule has 1 fully saturated rings. The van der Waals surface area contributed by atoms with Gasteiger partial charge in [0, 0.05) is 45.0 Å². The summed E-state index contributed by atoms with van der Waals surface area (Å²) in [5.41, 5.74) is 0.485. The number of benzene rings is 1. The van der Waals surface area contributed by atoms with E-state index in [1.165, 1.54) is 12.1 Å². The summed E-state index contributed by atoms with van der Waals surface area (Å²) >= 11 is 0. The molecule has 0 bridgehead atoms. The average Bonchev–Trinajstić information content (AvgIpc) is 2.52. The highest BCUT2D eigenvalue weighted by molar-refractivity contribution is 5.94. The molecule has 0 radical (unpaired) electrons. The van der Waals surface area contributed by atoms with Crippen LogP contribution in [-0.4, -0.2) is 66.2 Å². The minimum absolute atomic E-state index is 0.116. The molecule has 1 amide bonds. The number of aliphatic hydroxyl groups excluding tert-OH is 1. The van der Waals surface area contributed by atoms with Gasteiger partial charge in [-0.25, -0.2) is 4.39 Å². The van der Waals surface area contributed by atoms with Crippen LogP contribution in [0.1, 0.15) is 13.3 Å². The molecule has 22 heavy (non-hydrogen) atoms. The topological polar surface area (TPSA) is 55.8 Å². The quantitative estimate of drug-likeness (QED) is 0.828. The van der Waals surface area contributed by atoms with E-state index in [1.807, 2.05) is 6.92 Å². The number of carbonyl (C=O) groups excluding carboxylic acids is 1. The van der Waals surface area contributed by atoms with Crippen LogP contribution < -0.4 is 5.32 Å². The summed E-state index contributed by atoms with van der Waals surface area (Å²) in [5, 5.41) is 11.6. The molecule has 1 aliphatic rings. The monoisotopic (exact) mass is 309 g/mol. The minimum atomic E-state index is -0.358. The third-order valence-electron chi connectivity index (χ3n) is 4.06. The van der Waals surface area contributed by atoms with Crippen LogP contribution in [0.3, 0.4) is 0 Å². The van der Waals surface area contributed by atoms with Crippen LogP contribution in [0, 0.1) is 5.82 Å². The van der Waals surface area contributed by atoms with E-state index >= 15 is 0 Å². The lowest BCUT2D eigenvalue weighted by Gasteiger charge is -2.37. The molecule has 0 aliphatic carbocycles. The van der Waals surface area contributed by atoms with Crippen molar-refractivity contribution in [3.8, 4) is 0 Å². The smallest absolute Gasteiger partial charge is 0.241 e. The third-order valence-corrected chi connectivity index (χ3v) is 4.06. The fourth-order valence-electron chi connectivity index (χ4n) is 2.65. The van der Waals surface area contributed by atoms with Crippen molar-refractivity contribution in [2.24, 2.45) is 0 Å². The number of halogens is 1. The number of carbonyl (C=O) groups is 1. The van der Waals surface area contributed by atoms with Gasteiger partial charge in [0.2, 0.25) is 5.91 Å². The lowest BCUT2D eigenvalue weighted by Crippen LogP contribution is -2.52. The Hall–Kier alpha value is -1.50. The van der Waals surface area contributed by atoms with Crippen molar-refractivity contribution in [1.82, 2.24) is 9.80 Å². The second-order valence-corrected chi connectivity index (χ2v) is 5.63. The Kier molecular flexibility index (Phi) is 6.30. The number of aliphatic hydroxyl groups is 1. The Morgan fingerprint density at radius 3 is 2.73 bits per heavy atom. The molecule has 1 aromatic rings. The first-order valence-electron chi connectivity index (χ1n) is 7.74. The fourth-order valence-corrected chi connectivity index (χ4v) is 2.65. The number of nitrogens with one attached hydrogen (secondary N) is 1. The van der Waals surface area contributed by atoms with E-state index in [-0.39, 0.29) is 24.4 Å². The van der Waals surface area contributed by atoms with Gasteiger partial charge in [-0.15, -0.1) is 0 Å². The maximum atomic E-state index is 13.1. The molecular formula is C16H24FN3O2. The molecule has 1 aliphatic heterocycles. The van der Waals surface area contributed by atoms with Crippen LogP contribution in [0.5, 0.6) is 0 Å². The predicted molar refractivity (Wildman–Crippen MR) is 84.2 cm³/mol. The first kappa shape index (κ1) is 16.9. The van der Waals surface area contributed by atoms with Gasteiger partial charge >= 0.3 is 0 Å². The molecule has 0 spiro atoms. The van der Waals surface area contributed by atoms with Crippen molar-refractivity contribution in [2.75, 3.05) is 44.6 Å². The number of rotatable bonds is 6. The zero-order valence-electron chi connectivity index (χ0n) is 13.0. The van der Waals surface area contributed by atoms with E-state index < -0.39 is 0 Å². The van der Waals surface area contributed by atoms with Crippen LogP contribution in [0.4, 0.5) is 10.1 Å². The maximum Gasteiger partial charge on any atom is 0.241 e. The molecule has 5 nitrogen and oxygen atoms in total. The lowest BCUT2D eigenvalue weighted by atomic mass is 10.2. The zero-order valence-corrected chi connectivity index (χ0v) is 13.0. The van der Waals surface area contributed by atoms with Gasteiger partial charge in [-0.1, -0.05) is 6.07 Å². The molecular weight excluding hydrogens is 285 g/mol. The van der Waals surface area contributed by atoms with E-state index in [4.69, 9.17) is 5.11 Å². The van der Waals surface area contributed by atoms with Gasteiger partial charge in [0.1, 0.15) is 5.82 Å². The Bertz CT molecular complexity index is 490. The van der Waals surface area contributed by atoms with Crippen molar-refractivity contribution in [2.45, 2.75) is 19.4 Å². The SMILES string of the molecule is CC(C(=O)Nc1cccc(F)c1)N1CCN(CCCO)CC1. The largest absolute Gasteiger partial charge is 0.396 e. The standard InChI is InChI=1S/C16H24FN3O2/c1-13(16(22)18-15-5-2-4-14(17)12-15)20-9-7-19(8-10-20)6-3-11-21/h2,4-5,12-13,21H,3,6-11H2,1H3,(H,18,22). The van der Waals surface area contributed by atoms with Crippen molar-refractivity contribution >= 4 is 11.6 Å². The van der Waals surface area contributed by atoms with E-state index in [0.717, 1.165) is 39.1 Å². The summed E-state index contributed by atoms with van der Waals surface area (Å²) in [6.07, 6.45) is 0.787. The molecule has 1 unspecified atom stereocenters. The van der Waals surface area contributed by atoms with Gasteiger partial charge in [-0.05, 0) is 31.5 Å². The van der Waals surface area contributed by atoms with E-state index in [2.05, 4.69) is 15.1 Å². The summed E-state index contributed by atoms with van der Waals surface area (Å²) in [7, 11) is 0. The van der Waals surface area contributed by atoms with Crippen molar-refractivity contribution < 1.29 is 14.3 Å². The van der Waals surface area contributed by atoms with Gasteiger partial charge in [0.15, 0.2) is 0 Å². The van der Waals surface area contributed by atoms with Crippen molar-refractivity contribution in [3.05, 3.63) is 30.1 Å². The molecule has 2 rings (SSSR count). The van der Waals surface area contributed by atoms with Gasteiger partial charge < -0.3 is 15.3 Å². The third kappa shape index (κ3) is 4.76. The molecule has 1 atom stereocenters. The maximum absolute atomic E-state index is 13.1. The molecule has 1 aromatic carbocycles. The number of piperazine rings is 1. The molecule has 0 aromatic heterocycles. The molecule has 122 valence electrons. The highest BCUT2D eigenvalue weighted by Gasteiger charge is 2.25. The average molecular weight is 309 g/mol. The fraction of sp³-hybridized carbons (Fsp3) is 0.562. The van der Waals surface area contributed by atoms with Gasteiger partial charge in [-0.2, -0.15) is 0 Å². The first-order valence-corrected chi connectivity index (χ1v) is 7.74. The van der Waals surface area contributed by atoms with E-state index in [0.29, 0.717) is 5.69 Å². The summed E-state index contributed by atoms with van der Waals surface area (Å²) < 4.78 is 13.1. The van der Waals surface area contributed by atoms with Crippen LogP contribution in [0.2, 0.25) is 0 Å². The number of nitrogens with zero attached hydrogens (tertiary/aromatic N) is 2. The van der Waals surface area contributed by atoms with E-state index in [1.54, 1.807) is 12.1 Å². The summed E-state index contributed by atoms with van der Waals surface area (Å²) in [4.78, 5) is 16.7. The van der Waals surface area contributed by atoms with Gasteiger partial charge in [0.05, 0.1) is 6.04 Å². The Labute approximate surface area is 130 Å². The van der Waals surface area contributed by atoms with Gasteiger partial charge in [0.25, 0.3) is 0 Å². The number of anilines is 1. The zero-order chi connectivity index (χ0) is 15.9. The second-order valence-electron chi connectivity index (χ2n) is 5.63.